The second-order valence-corrected chi connectivity index (χ2v) is 8.58. The van der Waals surface area contributed by atoms with Crippen LogP contribution in [-0.2, 0) is 0 Å². The summed E-state index contributed by atoms with van der Waals surface area (Å²) < 4.78 is 1.08. The van der Waals surface area contributed by atoms with Crippen LogP contribution in [0.2, 0.25) is 10.0 Å². The number of carbonyl (C=O) groups is 2. The Labute approximate surface area is 178 Å². The molecule has 0 saturated heterocycles. The minimum atomic E-state index is -1.15. The molecule has 1 amide bonds. The third kappa shape index (κ3) is 3.52. The third-order valence-electron chi connectivity index (χ3n) is 4.14. The van der Waals surface area contributed by atoms with E-state index in [1.807, 2.05) is 17.5 Å². The molecule has 0 saturated carbocycles. The Hall–Kier alpha value is -2.38. The van der Waals surface area contributed by atoms with Crippen molar-refractivity contribution in [2.75, 3.05) is 5.32 Å². The lowest BCUT2D eigenvalue weighted by atomic mass is 10.1. The molecule has 0 radical (unpaired) electrons. The summed E-state index contributed by atoms with van der Waals surface area (Å²) in [4.78, 5) is 25.0. The number of amides is 1. The number of aromatic carboxylic acids is 1. The monoisotopic (exact) mass is 447 g/mol. The molecule has 0 spiro atoms. The van der Waals surface area contributed by atoms with Gasteiger partial charge >= 0.3 is 5.97 Å². The van der Waals surface area contributed by atoms with E-state index < -0.39 is 5.97 Å². The summed E-state index contributed by atoms with van der Waals surface area (Å²) in [5.74, 6) is -1.52. The van der Waals surface area contributed by atoms with Crippen molar-refractivity contribution in [3.8, 4) is 10.4 Å². The zero-order valence-corrected chi connectivity index (χ0v) is 17.2. The van der Waals surface area contributed by atoms with Gasteiger partial charge in [0.05, 0.1) is 15.6 Å². The number of thiophene rings is 2. The molecule has 4 aromatic rings. The fraction of sp³-hybridized carbons (Fsp3) is 0. The molecule has 140 valence electrons. The minimum Gasteiger partial charge on any atom is -0.478 e. The van der Waals surface area contributed by atoms with Gasteiger partial charge in [0.1, 0.15) is 5.56 Å². The summed E-state index contributed by atoms with van der Waals surface area (Å²) in [5, 5.41) is 17.8. The van der Waals surface area contributed by atoms with Crippen LogP contribution in [0.3, 0.4) is 0 Å². The Kier molecular flexibility index (Phi) is 5.12. The number of carbonyl (C=O) groups excluding carboxylic acids is 1. The molecule has 2 N–H and O–H groups in total. The minimum absolute atomic E-state index is 0.000756. The number of benzene rings is 2. The third-order valence-corrected chi connectivity index (χ3v) is 6.60. The van der Waals surface area contributed by atoms with E-state index in [0.29, 0.717) is 26.0 Å². The molecule has 0 fully saturated rings. The lowest BCUT2D eigenvalue weighted by Crippen LogP contribution is -2.13. The van der Waals surface area contributed by atoms with Gasteiger partial charge in [0.2, 0.25) is 0 Å². The van der Waals surface area contributed by atoms with Gasteiger partial charge in [0, 0.05) is 26.2 Å². The van der Waals surface area contributed by atoms with Crippen LogP contribution in [0.5, 0.6) is 0 Å². The average molecular weight is 448 g/mol. The zero-order chi connectivity index (χ0) is 19.8. The molecule has 0 aliphatic carbocycles. The van der Waals surface area contributed by atoms with E-state index >= 15 is 0 Å². The average Bonchev–Trinajstić information content (AvgIpc) is 3.27. The lowest BCUT2D eigenvalue weighted by Gasteiger charge is -2.08. The Morgan fingerprint density at radius 1 is 1.00 bits per heavy atom. The van der Waals surface area contributed by atoms with Crippen LogP contribution >= 0.6 is 45.9 Å². The van der Waals surface area contributed by atoms with Gasteiger partial charge in [-0.2, -0.15) is 0 Å². The number of carboxylic acids is 1. The van der Waals surface area contributed by atoms with Crippen molar-refractivity contribution in [3.63, 3.8) is 0 Å². The number of fused-ring (bicyclic) bond motifs is 1. The molecule has 0 bridgehead atoms. The number of carboxylic acid groups (broad SMARTS) is 1. The summed E-state index contributed by atoms with van der Waals surface area (Å²) >= 11 is 15.0. The number of halogens is 2. The molecule has 2 aromatic heterocycles. The predicted octanol–water partition coefficient (Wildman–Crippen LogP) is 6.89. The summed E-state index contributed by atoms with van der Waals surface area (Å²) in [7, 11) is 0. The summed E-state index contributed by atoms with van der Waals surface area (Å²) in [6.07, 6.45) is 0. The van der Waals surface area contributed by atoms with Crippen LogP contribution in [0.15, 0.2) is 53.2 Å². The Morgan fingerprint density at radius 3 is 2.57 bits per heavy atom. The summed E-state index contributed by atoms with van der Waals surface area (Å²) in [6.45, 7) is 0. The van der Waals surface area contributed by atoms with Crippen molar-refractivity contribution in [1.82, 2.24) is 0 Å². The molecule has 2 heterocycles. The molecule has 4 nitrogen and oxygen atoms in total. The van der Waals surface area contributed by atoms with Crippen molar-refractivity contribution in [3.05, 3.63) is 74.4 Å². The maximum absolute atomic E-state index is 12.7. The Balaban J connectivity index is 1.70. The normalized spacial score (nSPS) is 10.9. The molecule has 0 atom stereocenters. The van der Waals surface area contributed by atoms with E-state index in [0.717, 1.165) is 10.1 Å². The van der Waals surface area contributed by atoms with Gasteiger partial charge in [-0.05, 0) is 47.2 Å². The van der Waals surface area contributed by atoms with Crippen molar-refractivity contribution in [2.24, 2.45) is 0 Å². The fourth-order valence-corrected chi connectivity index (χ4v) is 5.20. The van der Waals surface area contributed by atoms with Gasteiger partial charge in [-0.15, -0.1) is 22.7 Å². The number of hydrogen-bond donors (Lipinski definition) is 2. The lowest BCUT2D eigenvalue weighted by molar-refractivity contribution is 0.0699. The van der Waals surface area contributed by atoms with Crippen molar-refractivity contribution in [1.29, 1.82) is 0 Å². The second-order valence-electron chi connectivity index (χ2n) is 5.91. The molecule has 0 unspecified atom stereocenters. The van der Waals surface area contributed by atoms with Crippen LogP contribution in [0.25, 0.3) is 20.5 Å². The maximum atomic E-state index is 12.7. The SMILES string of the molecule is O=C(Nc1csc(-c2ccc(Cl)cc2Cl)c1C(=O)O)c1ccc2sccc2c1. The molecule has 8 heteroatoms. The highest BCUT2D eigenvalue weighted by Gasteiger charge is 2.23. The van der Waals surface area contributed by atoms with E-state index in [1.54, 1.807) is 47.0 Å². The summed E-state index contributed by atoms with van der Waals surface area (Å²) in [6, 6.07) is 12.2. The molecule has 0 aliphatic heterocycles. The predicted molar refractivity (Wildman–Crippen MR) is 117 cm³/mol. The van der Waals surface area contributed by atoms with Gasteiger partial charge in [-0.25, -0.2) is 4.79 Å². The first-order chi connectivity index (χ1) is 13.4. The van der Waals surface area contributed by atoms with E-state index in [9.17, 15) is 14.7 Å². The summed E-state index contributed by atoms with van der Waals surface area (Å²) in [5.41, 5.74) is 1.24. The first-order valence-corrected chi connectivity index (χ1v) is 10.5. The van der Waals surface area contributed by atoms with E-state index in [2.05, 4.69) is 5.32 Å². The quantitative estimate of drug-likeness (QED) is 0.357. The van der Waals surface area contributed by atoms with Gasteiger partial charge in [0.25, 0.3) is 5.91 Å². The highest BCUT2D eigenvalue weighted by Crippen LogP contribution is 2.40. The smallest absolute Gasteiger partial charge is 0.339 e. The second kappa shape index (κ2) is 7.56. The van der Waals surface area contributed by atoms with Crippen molar-refractivity contribution in [2.45, 2.75) is 0 Å². The zero-order valence-electron chi connectivity index (χ0n) is 14.0. The maximum Gasteiger partial charge on any atom is 0.339 e. The standard InChI is InChI=1S/C20H11Cl2NO3S2/c21-12-2-3-13(14(22)8-12)18-17(20(25)26)15(9-28-18)23-19(24)11-1-4-16-10(7-11)5-6-27-16/h1-9H,(H,23,24)(H,25,26). The van der Waals surface area contributed by atoms with E-state index in [4.69, 9.17) is 23.2 Å². The van der Waals surface area contributed by atoms with E-state index in [1.165, 1.54) is 11.3 Å². The number of nitrogens with one attached hydrogen (secondary N) is 1. The number of hydrogen-bond acceptors (Lipinski definition) is 4. The van der Waals surface area contributed by atoms with Gasteiger partial charge in [-0.1, -0.05) is 29.3 Å². The number of anilines is 1. The van der Waals surface area contributed by atoms with Gasteiger partial charge < -0.3 is 10.4 Å². The van der Waals surface area contributed by atoms with Crippen LogP contribution in [-0.4, -0.2) is 17.0 Å². The van der Waals surface area contributed by atoms with Crippen LogP contribution in [0, 0.1) is 0 Å². The van der Waals surface area contributed by atoms with Crippen LogP contribution in [0.1, 0.15) is 20.7 Å². The fourth-order valence-electron chi connectivity index (χ4n) is 2.84. The van der Waals surface area contributed by atoms with Crippen LogP contribution < -0.4 is 5.32 Å². The van der Waals surface area contributed by atoms with Crippen molar-refractivity contribution < 1.29 is 14.7 Å². The molecular formula is C20H11Cl2NO3S2. The van der Waals surface area contributed by atoms with Crippen LogP contribution in [0.4, 0.5) is 5.69 Å². The molecule has 28 heavy (non-hydrogen) atoms. The Bertz CT molecular complexity index is 1230. The Morgan fingerprint density at radius 2 is 1.82 bits per heavy atom. The number of rotatable bonds is 4. The topological polar surface area (TPSA) is 66.4 Å². The molecule has 4 rings (SSSR count). The first kappa shape index (κ1) is 19.0. The molecular weight excluding hydrogens is 437 g/mol. The van der Waals surface area contributed by atoms with Gasteiger partial charge in [0.15, 0.2) is 0 Å². The molecule has 2 aromatic carbocycles. The molecule has 0 aliphatic rings. The highest BCUT2D eigenvalue weighted by atomic mass is 35.5. The first-order valence-electron chi connectivity index (χ1n) is 8.03. The van der Waals surface area contributed by atoms with Gasteiger partial charge in [-0.3, -0.25) is 4.79 Å². The highest BCUT2D eigenvalue weighted by molar-refractivity contribution is 7.17. The van der Waals surface area contributed by atoms with E-state index in [-0.39, 0.29) is 17.2 Å². The van der Waals surface area contributed by atoms with Crippen molar-refractivity contribution >= 4 is 73.5 Å². The largest absolute Gasteiger partial charge is 0.478 e.